The van der Waals surface area contributed by atoms with Crippen molar-refractivity contribution in [3.8, 4) is 0 Å². The molecule has 0 aliphatic carbocycles. The Morgan fingerprint density at radius 2 is 2.27 bits per heavy atom. The number of allylic oxidation sites excluding steroid dienone is 1. The predicted molar refractivity (Wildman–Crippen MR) is 93.4 cm³/mol. The van der Waals surface area contributed by atoms with E-state index in [1.807, 2.05) is 6.92 Å². The van der Waals surface area contributed by atoms with E-state index < -0.39 is 16.9 Å². The van der Waals surface area contributed by atoms with Gasteiger partial charge < -0.3 is 10.1 Å². The molecule has 0 amide bonds. The summed E-state index contributed by atoms with van der Waals surface area (Å²) in [6.45, 7) is 4.07. The highest BCUT2D eigenvalue weighted by molar-refractivity contribution is 5.92. The van der Waals surface area contributed by atoms with Crippen molar-refractivity contribution >= 4 is 17.6 Å². The number of anilines is 1. The summed E-state index contributed by atoms with van der Waals surface area (Å²) in [4.78, 5) is 27.5. The minimum absolute atomic E-state index is 0.0564. The quantitative estimate of drug-likeness (QED) is 0.366. The van der Waals surface area contributed by atoms with Gasteiger partial charge in [0, 0.05) is 17.8 Å². The van der Waals surface area contributed by atoms with Gasteiger partial charge in [-0.15, -0.1) is 0 Å². The highest BCUT2D eigenvalue weighted by Crippen LogP contribution is 2.36. The highest BCUT2D eigenvalue weighted by atomic mass is 16.6. The van der Waals surface area contributed by atoms with Gasteiger partial charge in [-0.25, -0.2) is 9.48 Å². The molecule has 2 heterocycles. The minimum Gasteiger partial charge on any atom is -0.462 e. The Kier molecular flexibility index (Phi) is 4.97. The molecule has 0 bridgehead atoms. The zero-order valence-electron chi connectivity index (χ0n) is 14.5. The molecular weight excluding hydrogens is 338 g/mol. The van der Waals surface area contributed by atoms with Crippen molar-refractivity contribution in [3.05, 3.63) is 57.5 Å². The monoisotopic (exact) mass is 357 g/mol. The van der Waals surface area contributed by atoms with Crippen molar-refractivity contribution in [3.63, 3.8) is 0 Å². The van der Waals surface area contributed by atoms with Crippen LogP contribution in [0.25, 0.3) is 0 Å². The lowest BCUT2D eigenvalue weighted by atomic mass is 9.95. The van der Waals surface area contributed by atoms with Crippen molar-refractivity contribution in [2.75, 3.05) is 11.9 Å². The number of nitro groups is 1. The van der Waals surface area contributed by atoms with Gasteiger partial charge in [0.25, 0.3) is 5.69 Å². The number of carbonyl (C=O) groups is 1. The maximum Gasteiger partial charge on any atom is 0.338 e. The number of aromatic nitrogens is 3. The first-order valence-electron chi connectivity index (χ1n) is 8.31. The van der Waals surface area contributed by atoms with Gasteiger partial charge >= 0.3 is 5.97 Å². The lowest BCUT2D eigenvalue weighted by Crippen LogP contribution is -2.29. The fraction of sp³-hybridized carbons (Fsp3) is 0.353. The summed E-state index contributed by atoms with van der Waals surface area (Å²) in [7, 11) is 0. The molecule has 2 aromatic rings. The molecular formula is C17H19N5O4. The largest absolute Gasteiger partial charge is 0.462 e. The van der Waals surface area contributed by atoms with Crippen molar-refractivity contribution in [1.29, 1.82) is 0 Å². The summed E-state index contributed by atoms with van der Waals surface area (Å²) in [5.41, 5.74) is 1.45. The van der Waals surface area contributed by atoms with Crippen LogP contribution in [0.2, 0.25) is 0 Å². The molecule has 3 rings (SSSR count). The molecule has 0 fully saturated rings. The molecule has 1 N–H and O–H groups in total. The van der Waals surface area contributed by atoms with Gasteiger partial charge in [0.1, 0.15) is 12.4 Å². The zero-order chi connectivity index (χ0) is 18.7. The number of hydrogen-bond donors (Lipinski definition) is 1. The van der Waals surface area contributed by atoms with Crippen LogP contribution >= 0.6 is 0 Å². The Morgan fingerprint density at radius 1 is 1.46 bits per heavy atom. The van der Waals surface area contributed by atoms with Crippen LogP contribution in [0.15, 0.2) is 41.9 Å². The maximum absolute atomic E-state index is 12.7. The average molecular weight is 357 g/mol. The van der Waals surface area contributed by atoms with Crippen molar-refractivity contribution < 1.29 is 14.5 Å². The van der Waals surface area contributed by atoms with Crippen LogP contribution in [-0.2, 0) is 9.53 Å². The Hall–Kier alpha value is -3.23. The van der Waals surface area contributed by atoms with Crippen molar-refractivity contribution in [1.82, 2.24) is 14.8 Å². The number of carbonyl (C=O) groups excluding carboxylic acids is 1. The van der Waals surface area contributed by atoms with E-state index in [0.717, 1.165) is 12.8 Å². The van der Waals surface area contributed by atoms with Crippen LogP contribution in [0.4, 0.5) is 11.6 Å². The van der Waals surface area contributed by atoms with Gasteiger partial charge in [-0.3, -0.25) is 10.1 Å². The van der Waals surface area contributed by atoms with E-state index in [4.69, 9.17) is 4.74 Å². The number of ether oxygens (including phenoxy) is 1. The number of unbranched alkanes of at least 4 members (excludes halogenated alkanes) is 1. The molecule has 136 valence electrons. The molecule has 0 radical (unpaired) electrons. The molecule has 0 saturated heterocycles. The number of fused-ring (bicyclic) bond motifs is 1. The SMILES string of the molecule is CCCCOC(=O)C1=C(C)Nc2ncnn2[C@H]1c1cccc([N+](=O)[O-])c1. The summed E-state index contributed by atoms with van der Waals surface area (Å²) in [5, 5.41) is 18.4. The molecule has 1 aromatic carbocycles. The second-order valence-corrected chi connectivity index (χ2v) is 5.94. The van der Waals surface area contributed by atoms with Crippen LogP contribution in [0.1, 0.15) is 38.3 Å². The summed E-state index contributed by atoms with van der Waals surface area (Å²) in [6, 6.07) is 5.50. The van der Waals surface area contributed by atoms with E-state index in [2.05, 4.69) is 15.4 Å². The minimum atomic E-state index is -0.650. The second kappa shape index (κ2) is 7.34. The lowest BCUT2D eigenvalue weighted by Gasteiger charge is -2.28. The Bertz CT molecular complexity index is 874. The van der Waals surface area contributed by atoms with E-state index in [1.165, 1.54) is 23.1 Å². The third-order valence-electron chi connectivity index (χ3n) is 4.14. The number of esters is 1. The number of hydrogen-bond acceptors (Lipinski definition) is 7. The van der Waals surface area contributed by atoms with Crippen LogP contribution in [0.5, 0.6) is 0 Å². The highest BCUT2D eigenvalue weighted by Gasteiger charge is 2.34. The van der Waals surface area contributed by atoms with Gasteiger partial charge in [0.15, 0.2) is 0 Å². The number of nitro benzene ring substituents is 1. The van der Waals surface area contributed by atoms with Crippen LogP contribution in [0, 0.1) is 10.1 Å². The van der Waals surface area contributed by atoms with Crippen LogP contribution in [0.3, 0.4) is 0 Å². The van der Waals surface area contributed by atoms with E-state index in [-0.39, 0.29) is 5.69 Å². The molecule has 9 heteroatoms. The molecule has 1 aliphatic heterocycles. The van der Waals surface area contributed by atoms with Gasteiger partial charge in [-0.05, 0) is 18.9 Å². The number of nitrogens with zero attached hydrogens (tertiary/aromatic N) is 4. The molecule has 1 atom stereocenters. The van der Waals surface area contributed by atoms with Gasteiger partial charge in [-0.2, -0.15) is 10.1 Å². The summed E-state index contributed by atoms with van der Waals surface area (Å²) >= 11 is 0. The Morgan fingerprint density at radius 3 is 3.00 bits per heavy atom. The normalized spacial score (nSPS) is 16.0. The first kappa shape index (κ1) is 17.6. The predicted octanol–water partition coefficient (Wildman–Crippen LogP) is 2.82. The topological polar surface area (TPSA) is 112 Å². The second-order valence-electron chi connectivity index (χ2n) is 5.94. The zero-order valence-corrected chi connectivity index (χ0v) is 14.5. The number of rotatable bonds is 6. The third kappa shape index (κ3) is 3.28. The van der Waals surface area contributed by atoms with Crippen molar-refractivity contribution in [2.45, 2.75) is 32.7 Å². The van der Waals surface area contributed by atoms with E-state index in [1.54, 1.807) is 19.1 Å². The Labute approximate surface area is 149 Å². The summed E-state index contributed by atoms with van der Waals surface area (Å²) < 4.78 is 6.91. The van der Waals surface area contributed by atoms with Gasteiger partial charge in [0.05, 0.1) is 17.1 Å². The summed E-state index contributed by atoms with van der Waals surface area (Å²) in [6.07, 6.45) is 3.04. The van der Waals surface area contributed by atoms with Crippen LogP contribution < -0.4 is 5.32 Å². The number of non-ortho nitro benzene ring substituents is 1. The van der Waals surface area contributed by atoms with E-state index in [9.17, 15) is 14.9 Å². The summed E-state index contributed by atoms with van der Waals surface area (Å²) in [5.74, 6) is -0.00906. The van der Waals surface area contributed by atoms with Gasteiger partial charge in [-0.1, -0.05) is 25.5 Å². The smallest absolute Gasteiger partial charge is 0.338 e. The average Bonchev–Trinajstić information content (AvgIpc) is 3.08. The number of benzene rings is 1. The third-order valence-corrected chi connectivity index (χ3v) is 4.14. The first-order valence-corrected chi connectivity index (χ1v) is 8.31. The molecule has 26 heavy (non-hydrogen) atoms. The molecule has 1 aliphatic rings. The molecule has 0 saturated carbocycles. The fourth-order valence-electron chi connectivity index (χ4n) is 2.86. The van der Waals surface area contributed by atoms with E-state index in [0.29, 0.717) is 29.4 Å². The molecule has 1 aromatic heterocycles. The number of nitrogens with one attached hydrogen (secondary N) is 1. The van der Waals surface area contributed by atoms with Crippen LogP contribution in [-0.4, -0.2) is 32.3 Å². The van der Waals surface area contributed by atoms with Crippen molar-refractivity contribution in [2.24, 2.45) is 0 Å². The van der Waals surface area contributed by atoms with Gasteiger partial charge in [0.2, 0.25) is 5.95 Å². The first-order chi connectivity index (χ1) is 12.5. The molecule has 0 spiro atoms. The molecule has 9 nitrogen and oxygen atoms in total. The Balaban J connectivity index is 2.05. The maximum atomic E-state index is 12.7. The lowest BCUT2D eigenvalue weighted by molar-refractivity contribution is -0.384. The standard InChI is InChI=1S/C17H19N5O4/c1-3-4-8-26-16(23)14-11(2)20-17-18-10-19-21(17)15(14)12-6-5-7-13(9-12)22(24)25/h5-7,9-10,15H,3-4,8H2,1-2H3,(H,18,19,20)/t15-/m0/s1. The van der Waals surface area contributed by atoms with E-state index >= 15 is 0 Å². The fourth-order valence-corrected chi connectivity index (χ4v) is 2.86. The molecule has 0 unspecified atom stereocenters.